The number of pyridine rings is 1. The SMILES string of the molecule is C/C=C\C(=C/N)c1ccc(N(c2ccc(-c3ccncc3)cc2)c2ccc3c(c2)c2cc(-c4ccccc4)cc(-c4ccccc4)c2n3-c2ccccc2)cc1.CC. The monoisotopic (exact) mass is 750 g/mol. The topological polar surface area (TPSA) is 47.1 Å². The Bertz CT molecular complexity index is 2820. The minimum Gasteiger partial charge on any atom is -0.404 e. The Hall–Kier alpha value is -7.43. The standard InChI is InChI=1S/C52H40N4.C2H6/c1-2-12-42(36-53)39-21-25-46(26-22-39)55(45-23-19-38(20-24-45)40-29-31-54-32-30-40)47-27-28-51-49(35-47)50-34-43(37-13-6-3-7-14-37)33-48(41-15-8-4-9-16-41)52(50)56(51)44-17-10-5-11-18-44;1-2/h2-36H,53H2,1H3;1-2H3/b12-2-,42-36+;. The van der Waals surface area contributed by atoms with Crippen molar-refractivity contribution in [2.24, 2.45) is 5.73 Å². The van der Waals surface area contributed by atoms with Crippen molar-refractivity contribution in [3.63, 3.8) is 0 Å². The Balaban J connectivity index is 0.00000231. The molecule has 2 N–H and O–H groups in total. The predicted octanol–water partition coefficient (Wildman–Crippen LogP) is 14.6. The first-order valence-corrected chi connectivity index (χ1v) is 19.9. The molecule has 0 spiro atoms. The zero-order valence-corrected chi connectivity index (χ0v) is 33.1. The molecule has 0 atom stereocenters. The fraction of sp³-hybridized carbons (Fsp3) is 0.0556. The molecule has 2 heterocycles. The molecule has 0 radical (unpaired) electrons. The molecule has 58 heavy (non-hydrogen) atoms. The van der Waals surface area contributed by atoms with Gasteiger partial charge < -0.3 is 15.2 Å². The van der Waals surface area contributed by atoms with Crippen LogP contribution in [0.5, 0.6) is 0 Å². The van der Waals surface area contributed by atoms with Gasteiger partial charge in [0, 0.05) is 57.7 Å². The summed E-state index contributed by atoms with van der Waals surface area (Å²) in [5.41, 5.74) is 21.7. The highest BCUT2D eigenvalue weighted by Gasteiger charge is 2.21. The Kier molecular flexibility index (Phi) is 11.1. The van der Waals surface area contributed by atoms with Gasteiger partial charge in [-0.3, -0.25) is 4.98 Å². The molecule has 9 rings (SSSR count). The lowest BCUT2D eigenvalue weighted by atomic mass is 9.95. The molecule has 0 aliphatic carbocycles. The highest BCUT2D eigenvalue weighted by Crippen LogP contribution is 2.44. The van der Waals surface area contributed by atoms with Crippen LogP contribution in [0.2, 0.25) is 0 Å². The molecule has 0 bridgehead atoms. The summed E-state index contributed by atoms with van der Waals surface area (Å²) in [4.78, 5) is 6.56. The third-order valence-corrected chi connectivity index (χ3v) is 10.4. The maximum atomic E-state index is 6.04. The van der Waals surface area contributed by atoms with Gasteiger partial charge >= 0.3 is 0 Å². The second-order valence-corrected chi connectivity index (χ2v) is 13.8. The summed E-state index contributed by atoms with van der Waals surface area (Å²) >= 11 is 0. The molecule has 282 valence electrons. The van der Waals surface area contributed by atoms with Crippen molar-refractivity contribution in [3.8, 4) is 39.1 Å². The van der Waals surface area contributed by atoms with Gasteiger partial charge in [0.2, 0.25) is 0 Å². The first-order chi connectivity index (χ1) is 28.7. The highest BCUT2D eigenvalue weighted by molar-refractivity contribution is 6.16. The van der Waals surface area contributed by atoms with Crippen LogP contribution in [-0.2, 0) is 0 Å². The van der Waals surface area contributed by atoms with Crippen molar-refractivity contribution < 1.29 is 0 Å². The van der Waals surface area contributed by atoms with E-state index in [0.717, 1.165) is 50.5 Å². The first kappa shape index (κ1) is 37.5. The second kappa shape index (κ2) is 17.2. The van der Waals surface area contributed by atoms with Crippen molar-refractivity contribution in [1.29, 1.82) is 0 Å². The fourth-order valence-corrected chi connectivity index (χ4v) is 7.78. The van der Waals surface area contributed by atoms with Crippen LogP contribution in [0, 0.1) is 0 Å². The van der Waals surface area contributed by atoms with Crippen LogP contribution in [0.3, 0.4) is 0 Å². The van der Waals surface area contributed by atoms with Gasteiger partial charge in [0.25, 0.3) is 0 Å². The van der Waals surface area contributed by atoms with E-state index in [1.165, 1.54) is 38.5 Å². The number of hydrogen-bond acceptors (Lipinski definition) is 3. The van der Waals surface area contributed by atoms with E-state index >= 15 is 0 Å². The maximum absolute atomic E-state index is 6.04. The smallest absolute Gasteiger partial charge is 0.0619 e. The van der Waals surface area contributed by atoms with Crippen LogP contribution in [-0.4, -0.2) is 9.55 Å². The maximum Gasteiger partial charge on any atom is 0.0619 e. The highest BCUT2D eigenvalue weighted by atomic mass is 15.1. The van der Waals surface area contributed by atoms with E-state index in [-0.39, 0.29) is 0 Å². The lowest BCUT2D eigenvalue weighted by Crippen LogP contribution is -2.10. The van der Waals surface area contributed by atoms with Crippen LogP contribution in [0.4, 0.5) is 17.1 Å². The van der Waals surface area contributed by atoms with E-state index in [2.05, 4.69) is 184 Å². The third-order valence-electron chi connectivity index (χ3n) is 10.4. The molecule has 0 saturated heterocycles. The van der Waals surface area contributed by atoms with Crippen LogP contribution < -0.4 is 10.6 Å². The van der Waals surface area contributed by atoms with Gasteiger partial charge in [0.1, 0.15) is 0 Å². The molecule has 4 heteroatoms. The number of nitrogens with two attached hydrogens (primary N) is 1. The number of allylic oxidation sites excluding steroid dienone is 3. The summed E-state index contributed by atoms with van der Waals surface area (Å²) in [5.74, 6) is 0. The van der Waals surface area contributed by atoms with Crippen molar-refractivity contribution in [2.45, 2.75) is 20.8 Å². The Morgan fingerprint density at radius 2 is 1.09 bits per heavy atom. The number of para-hydroxylation sites is 1. The Labute approximate surface area is 341 Å². The molecule has 0 aliphatic rings. The zero-order valence-electron chi connectivity index (χ0n) is 33.1. The average molecular weight is 751 g/mol. The van der Waals surface area contributed by atoms with E-state index in [9.17, 15) is 0 Å². The number of nitrogens with zero attached hydrogens (tertiary/aromatic N) is 3. The zero-order chi connectivity index (χ0) is 39.8. The molecular weight excluding hydrogens is 705 g/mol. The largest absolute Gasteiger partial charge is 0.404 e. The Morgan fingerprint density at radius 3 is 1.71 bits per heavy atom. The van der Waals surface area contributed by atoms with Crippen molar-refractivity contribution in [1.82, 2.24) is 9.55 Å². The van der Waals surface area contributed by atoms with Crippen molar-refractivity contribution in [3.05, 3.63) is 218 Å². The summed E-state index contributed by atoms with van der Waals surface area (Å²) in [6.45, 7) is 6.01. The van der Waals surface area contributed by atoms with E-state index in [4.69, 9.17) is 5.73 Å². The lowest BCUT2D eigenvalue weighted by molar-refractivity contribution is 1.18. The second-order valence-electron chi connectivity index (χ2n) is 13.8. The molecule has 0 fully saturated rings. The van der Waals surface area contributed by atoms with E-state index in [1.807, 2.05) is 57.4 Å². The van der Waals surface area contributed by atoms with Gasteiger partial charge in [-0.1, -0.05) is 129 Å². The molecule has 0 amide bonds. The van der Waals surface area contributed by atoms with Gasteiger partial charge in [0.15, 0.2) is 0 Å². The van der Waals surface area contributed by atoms with Crippen LogP contribution in [0.25, 0.3) is 66.4 Å². The van der Waals surface area contributed by atoms with Gasteiger partial charge in [0.05, 0.1) is 11.0 Å². The molecule has 0 saturated carbocycles. The van der Waals surface area contributed by atoms with E-state index in [1.54, 1.807) is 6.20 Å². The van der Waals surface area contributed by atoms with E-state index in [0.29, 0.717) is 0 Å². The molecule has 0 unspecified atom stereocenters. The van der Waals surface area contributed by atoms with Gasteiger partial charge in [-0.25, -0.2) is 0 Å². The molecule has 7 aromatic carbocycles. The van der Waals surface area contributed by atoms with Gasteiger partial charge in [-0.05, 0) is 125 Å². The predicted molar refractivity (Wildman–Crippen MR) is 248 cm³/mol. The van der Waals surface area contributed by atoms with Crippen LogP contribution >= 0.6 is 0 Å². The molecule has 9 aromatic rings. The summed E-state index contributed by atoms with van der Waals surface area (Å²) in [6.07, 6.45) is 9.38. The van der Waals surface area contributed by atoms with Crippen molar-refractivity contribution >= 4 is 44.4 Å². The fourth-order valence-electron chi connectivity index (χ4n) is 7.78. The molecular formula is C54H46N4. The number of aromatic nitrogens is 2. The third kappa shape index (κ3) is 7.32. The number of rotatable bonds is 9. The molecule has 4 nitrogen and oxygen atoms in total. The van der Waals surface area contributed by atoms with Gasteiger partial charge in [-0.2, -0.15) is 0 Å². The number of anilines is 3. The summed E-state index contributed by atoms with van der Waals surface area (Å²) in [7, 11) is 0. The normalized spacial score (nSPS) is 11.5. The minimum absolute atomic E-state index is 0.978. The van der Waals surface area contributed by atoms with E-state index < -0.39 is 0 Å². The molecule has 2 aromatic heterocycles. The van der Waals surface area contributed by atoms with Crippen LogP contribution in [0.1, 0.15) is 26.3 Å². The van der Waals surface area contributed by atoms with Gasteiger partial charge in [-0.15, -0.1) is 0 Å². The minimum atomic E-state index is 0.978. The summed E-state index contributed by atoms with van der Waals surface area (Å²) in [6, 6.07) is 65.3. The number of hydrogen-bond donors (Lipinski definition) is 1. The summed E-state index contributed by atoms with van der Waals surface area (Å²) in [5, 5.41) is 2.37. The van der Waals surface area contributed by atoms with Crippen LogP contribution in [0.15, 0.2) is 213 Å². The average Bonchev–Trinajstić information content (AvgIpc) is 3.64. The summed E-state index contributed by atoms with van der Waals surface area (Å²) < 4.78 is 2.43. The quantitative estimate of drug-likeness (QED) is 0.149. The Morgan fingerprint density at radius 1 is 0.534 bits per heavy atom. The first-order valence-electron chi connectivity index (χ1n) is 19.9. The molecule has 0 aliphatic heterocycles. The van der Waals surface area contributed by atoms with Crippen molar-refractivity contribution in [2.75, 3.05) is 4.90 Å². The number of fused-ring (bicyclic) bond motifs is 3. The number of benzene rings is 7. The lowest BCUT2D eigenvalue weighted by Gasteiger charge is -2.26.